The van der Waals surface area contributed by atoms with Crippen LogP contribution in [0.25, 0.3) is 0 Å². The number of nitrogens with zero attached hydrogens (tertiary/aromatic N) is 3. The van der Waals surface area contributed by atoms with Crippen LogP contribution in [0.5, 0.6) is 0 Å². The fraction of sp³-hybridized carbons (Fsp3) is 0.682. The summed E-state index contributed by atoms with van der Waals surface area (Å²) >= 11 is 3.60. The first-order chi connectivity index (χ1) is 13.9. The minimum Gasteiger partial charge on any atom is -0.444 e. The van der Waals surface area contributed by atoms with Gasteiger partial charge in [-0.3, -0.25) is 4.90 Å². The zero-order chi connectivity index (χ0) is 22.1. The van der Waals surface area contributed by atoms with Gasteiger partial charge >= 0.3 is 6.09 Å². The van der Waals surface area contributed by atoms with Crippen LogP contribution in [0.4, 0.5) is 19.3 Å². The van der Waals surface area contributed by atoms with E-state index in [9.17, 15) is 13.6 Å². The molecule has 1 amide bonds. The van der Waals surface area contributed by atoms with Gasteiger partial charge in [0.05, 0.1) is 0 Å². The molecule has 1 aromatic carbocycles. The molecule has 2 fully saturated rings. The molecule has 30 heavy (non-hydrogen) atoms. The summed E-state index contributed by atoms with van der Waals surface area (Å²) in [6, 6.07) is 6.29. The van der Waals surface area contributed by atoms with Crippen LogP contribution in [0, 0.1) is 0 Å². The standard InChI is InChI=1S/C22H32BrF2N3O2/c1-16-14-27(9-10-28(16)20(29)30-21(2,3)4)19-12-17(11-18(23)13-19)15-26-7-5-22(24,25)6-8-26/h11-13,16H,5-10,14-15H2,1-4H3/t16-/m0/s1. The van der Waals surface area contributed by atoms with E-state index >= 15 is 0 Å². The lowest BCUT2D eigenvalue weighted by molar-refractivity contribution is -0.0566. The monoisotopic (exact) mass is 487 g/mol. The maximum Gasteiger partial charge on any atom is 0.410 e. The van der Waals surface area contributed by atoms with Gasteiger partial charge in [-0.1, -0.05) is 15.9 Å². The highest BCUT2D eigenvalue weighted by molar-refractivity contribution is 9.10. The fourth-order valence-electron chi connectivity index (χ4n) is 3.99. The zero-order valence-electron chi connectivity index (χ0n) is 18.3. The summed E-state index contributed by atoms with van der Waals surface area (Å²) in [5, 5.41) is 0. The van der Waals surface area contributed by atoms with Crippen molar-refractivity contribution in [3.8, 4) is 0 Å². The highest BCUT2D eigenvalue weighted by atomic mass is 79.9. The molecule has 2 aliphatic rings. The lowest BCUT2D eigenvalue weighted by Crippen LogP contribution is -2.55. The van der Waals surface area contributed by atoms with Crippen molar-refractivity contribution in [1.82, 2.24) is 9.80 Å². The van der Waals surface area contributed by atoms with Gasteiger partial charge in [0.2, 0.25) is 0 Å². The lowest BCUT2D eigenvalue weighted by Gasteiger charge is -2.41. The molecule has 2 saturated heterocycles. The Balaban J connectivity index is 1.63. The van der Waals surface area contributed by atoms with Gasteiger partial charge in [-0.2, -0.15) is 0 Å². The largest absolute Gasteiger partial charge is 0.444 e. The van der Waals surface area contributed by atoms with Crippen LogP contribution >= 0.6 is 15.9 Å². The molecule has 0 radical (unpaired) electrons. The first kappa shape index (κ1) is 23.3. The minimum absolute atomic E-state index is 0.0281. The molecule has 1 aromatic rings. The van der Waals surface area contributed by atoms with Crippen LogP contribution in [0.3, 0.4) is 0 Å². The predicted molar refractivity (Wildman–Crippen MR) is 118 cm³/mol. The second kappa shape index (κ2) is 8.99. The molecule has 168 valence electrons. The van der Waals surface area contributed by atoms with Gasteiger partial charge in [-0.15, -0.1) is 0 Å². The topological polar surface area (TPSA) is 36.0 Å². The van der Waals surface area contributed by atoms with E-state index < -0.39 is 11.5 Å². The molecule has 2 aliphatic heterocycles. The average Bonchev–Trinajstić information content (AvgIpc) is 2.61. The lowest BCUT2D eigenvalue weighted by atomic mass is 10.1. The number of benzene rings is 1. The van der Waals surface area contributed by atoms with E-state index in [1.54, 1.807) is 4.90 Å². The van der Waals surface area contributed by atoms with Crippen LogP contribution in [0.2, 0.25) is 0 Å². The van der Waals surface area contributed by atoms with Crippen molar-refractivity contribution in [3.63, 3.8) is 0 Å². The smallest absolute Gasteiger partial charge is 0.410 e. The number of hydrogen-bond acceptors (Lipinski definition) is 4. The summed E-state index contributed by atoms with van der Waals surface area (Å²) in [6.07, 6.45) is -0.415. The summed E-state index contributed by atoms with van der Waals surface area (Å²) < 4.78 is 33.4. The van der Waals surface area contributed by atoms with Gasteiger partial charge in [-0.25, -0.2) is 13.6 Å². The Labute approximate surface area is 186 Å². The van der Waals surface area contributed by atoms with Crippen LogP contribution in [-0.2, 0) is 11.3 Å². The van der Waals surface area contributed by atoms with Crippen molar-refractivity contribution >= 4 is 27.7 Å². The molecular weight excluding hydrogens is 456 g/mol. The summed E-state index contributed by atoms with van der Waals surface area (Å²) in [6.45, 7) is 11.2. The number of amides is 1. The molecular formula is C22H32BrF2N3O2. The van der Waals surface area contributed by atoms with Crippen LogP contribution < -0.4 is 4.90 Å². The molecule has 2 heterocycles. The molecule has 1 atom stereocenters. The third-order valence-corrected chi connectivity index (χ3v) is 6.01. The third-order valence-electron chi connectivity index (χ3n) is 5.56. The van der Waals surface area contributed by atoms with Crippen molar-refractivity contribution in [2.45, 2.75) is 64.6 Å². The highest BCUT2D eigenvalue weighted by Gasteiger charge is 2.34. The number of piperazine rings is 1. The molecule has 0 bridgehead atoms. The van der Waals surface area contributed by atoms with E-state index in [1.165, 1.54) is 0 Å². The van der Waals surface area contributed by atoms with Gasteiger partial charge < -0.3 is 14.5 Å². The average molecular weight is 488 g/mol. The number of ether oxygens (including phenoxy) is 1. The SMILES string of the molecule is C[C@H]1CN(c2cc(Br)cc(CN3CCC(F)(F)CC3)c2)CCN1C(=O)OC(C)(C)C. The van der Waals surface area contributed by atoms with Crippen LogP contribution in [-0.4, -0.2) is 66.2 Å². The second-order valence-electron chi connectivity index (χ2n) is 9.42. The summed E-state index contributed by atoms with van der Waals surface area (Å²) in [5.41, 5.74) is 1.68. The van der Waals surface area contributed by atoms with Gasteiger partial charge in [-0.05, 0) is 51.5 Å². The van der Waals surface area contributed by atoms with Gasteiger partial charge in [0.1, 0.15) is 5.60 Å². The summed E-state index contributed by atoms with van der Waals surface area (Å²) in [4.78, 5) is 18.6. The molecule has 0 aliphatic carbocycles. The van der Waals surface area contributed by atoms with Crippen molar-refractivity contribution in [3.05, 3.63) is 28.2 Å². The Bertz CT molecular complexity index is 759. The van der Waals surface area contributed by atoms with E-state index in [-0.39, 0.29) is 25.0 Å². The Kier molecular flexibility index (Phi) is 6.97. The van der Waals surface area contributed by atoms with Crippen molar-refractivity contribution in [2.75, 3.05) is 37.6 Å². The Morgan fingerprint density at radius 2 is 1.83 bits per heavy atom. The first-order valence-corrected chi connectivity index (χ1v) is 11.4. The molecule has 0 saturated carbocycles. The van der Waals surface area contributed by atoms with Crippen LogP contribution in [0.1, 0.15) is 46.1 Å². The Morgan fingerprint density at radius 1 is 1.17 bits per heavy atom. The number of carbonyl (C=O) groups is 1. The van der Waals surface area contributed by atoms with E-state index in [0.29, 0.717) is 32.7 Å². The highest BCUT2D eigenvalue weighted by Crippen LogP contribution is 2.30. The number of anilines is 1. The van der Waals surface area contributed by atoms with E-state index in [2.05, 4.69) is 43.9 Å². The number of rotatable bonds is 3. The molecule has 3 rings (SSSR count). The van der Waals surface area contributed by atoms with E-state index in [4.69, 9.17) is 4.74 Å². The van der Waals surface area contributed by atoms with Crippen molar-refractivity contribution < 1.29 is 18.3 Å². The number of carbonyl (C=O) groups excluding carboxylic acids is 1. The molecule has 8 heteroatoms. The quantitative estimate of drug-likeness (QED) is 0.592. The Hall–Kier alpha value is -1.41. The maximum atomic E-state index is 13.4. The summed E-state index contributed by atoms with van der Waals surface area (Å²) in [7, 11) is 0. The molecule has 0 spiro atoms. The van der Waals surface area contributed by atoms with Crippen molar-refractivity contribution in [1.29, 1.82) is 0 Å². The molecule has 0 unspecified atom stereocenters. The van der Waals surface area contributed by atoms with Crippen molar-refractivity contribution in [2.24, 2.45) is 0 Å². The van der Waals surface area contributed by atoms with E-state index in [0.717, 1.165) is 22.3 Å². The zero-order valence-corrected chi connectivity index (χ0v) is 19.8. The van der Waals surface area contributed by atoms with Gasteiger partial charge in [0, 0.05) is 68.3 Å². The minimum atomic E-state index is -2.52. The summed E-state index contributed by atoms with van der Waals surface area (Å²) in [5.74, 6) is -2.52. The third kappa shape index (κ3) is 6.30. The van der Waals surface area contributed by atoms with Gasteiger partial charge in [0.15, 0.2) is 0 Å². The molecule has 5 nitrogen and oxygen atoms in total. The van der Waals surface area contributed by atoms with E-state index in [1.807, 2.05) is 27.7 Å². The number of alkyl halides is 2. The number of hydrogen-bond donors (Lipinski definition) is 0. The number of halogens is 3. The second-order valence-corrected chi connectivity index (χ2v) is 10.3. The first-order valence-electron chi connectivity index (χ1n) is 10.6. The van der Waals surface area contributed by atoms with Crippen LogP contribution in [0.15, 0.2) is 22.7 Å². The number of likely N-dealkylation sites (tertiary alicyclic amines) is 1. The number of piperidine rings is 1. The normalized spacial score (nSPS) is 22.8. The molecule has 0 N–H and O–H groups in total. The van der Waals surface area contributed by atoms with Gasteiger partial charge in [0.25, 0.3) is 5.92 Å². The maximum absolute atomic E-state index is 13.4. The molecule has 0 aromatic heterocycles. The Morgan fingerprint density at radius 3 is 2.43 bits per heavy atom. The fourth-order valence-corrected chi connectivity index (χ4v) is 4.52. The predicted octanol–water partition coefficient (Wildman–Crippen LogP) is 5.13.